The number of ether oxygens (including phenoxy) is 1. The van der Waals surface area contributed by atoms with Crippen LogP contribution in [0.1, 0.15) is 11.1 Å². The Labute approximate surface area is 123 Å². The molecule has 2 aromatic rings. The Kier molecular flexibility index (Phi) is 3.45. The molecule has 0 aliphatic carbocycles. The van der Waals surface area contributed by atoms with E-state index in [-0.39, 0.29) is 10.6 Å². The van der Waals surface area contributed by atoms with Crippen molar-refractivity contribution in [2.45, 2.75) is 24.3 Å². The van der Waals surface area contributed by atoms with E-state index < -0.39 is 21.8 Å². The van der Waals surface area contributed by atoms with Gasteiger partial charge in [-0.25, -0.2) is 12.8 Å². The quantitative estimate of drug-likeness (QED) is 0.875. The Hall–Kier alpha value is -1.88. The molecule has 0 fully saturated rings. The highest BCUT2D eigenvalue weighted by Crippen LogP contribution is 2.31. The Morgan fingerprint density at radius 1 is 1.24 bits per heavy atom. The van der Waals surface area contributed by atoms with E-state index in [4.69, 9.17) is 4.74 Å². The van der Waals surface area contributed by atoms with Gasteiger partial charge in [-0.2, -0.15) is 0 Å². The van der Waals surface area contributed by atoms with Crippen molar-refractivity contribution in [2.75, 3.05) is 5.75 Å². The minimum Gasteiger partial charge on any atom is -0.489 e. The van der Waals surface area contributed by atoms with Gasteiger partial charge in [0, 0.05) is 6.42 Å². The molecule has 0 N–H and O–H groups in total. The third-order valence-corrected chi connectivity index (χ3v) is 5.35. The first kappa shape index (κ1) is 14.1. The van der Waals surface area contributed by atoms with Crippen LogP contribution in [0.3, 0.4) is 0 Å². The van der Waals surface area contributed by atoms with E-state index in [0.717, 1.165) is 17.2 Å². The molecular formula is C16H15FO3S. The second-order valence-electron chi connectivity index (χ2n) is 5.27. The van der Waals surface area contributed by atoms with Crippen LogP contribution in [0.25, 0.3) is 0 Å². The first-order valence-electron chi connectivity index (χ1n) is 6.69. The summed E-state index contributed by atoms with van der Waals surface area (Å²) in [5.41, 5.74) is 2.11. The number of hydrogen-bond donors (Lipinski definition) is 0. The molecule has 0 aromatic heterocycles. The molecule has 3 rings (SSSR count). The van der Waals surface area contributed by atoms with Gasteiger partial charge in [-0.05, 0) is 30.7 Å². The van der Waals surface area contributed by atoms with Gasteiger partial charge in [0.2, 0.25) is 0 Å². The molecule has 21 heavy (non-hydrogen) atoms. The average molecular weight is 306 g/mol. The molecule has 0 saturated heterocycles. The predicted octanol–water partition coefficient (Wildman–Crippen LogP) is 2.91. The molecule has 1 heterocycles. The summed E-state index contributed by atoms with van der Waals surface area (Å²) in [4.78, 5) is -0.263. The Bertz CT molecular complexity index is 784. The largest absolute Gasteiger partial charge is 0.489 e. The normalized spacial score (nSPS) is 17.3. The number of halogens is 1. The molecule has 1 aliphatic heterocycles. The maximum Gasteiger partial charge on any atom is 0.184 e. The molecule has 1 unspecified atom stereocenters. The molecule has 1 aliphatic rings. The van der Waals surface area contributed by atoms with E-state index in [9.17, 15) is 12.8 Å². The lowest BCUT2D eigenvalue weighted by Crippen LogP contribution is -2.25. The summed E-state index contributed by atoms with van der Waals surface area (Å²) in [7, 11) is -3.70. The molecule has 0 saturated carbocycles. The molecule has 5 heteroatoms. The first-order valence-corrected chi connectivity index (χ1v) is 8.34. The highest BCUT2D eigenvalue weighted by Gasteiger charge is 2.30. The van der Waals surface area contributed by atoms with Crippen molar-refractivity contribution in [3.63, 3.8) is 0 Å². The van der Waals surface area contributed by atoms with Crippen LogP contribution in [0.15, 0.2) is 47.4 Å². The minimum absolute atomic E-state index is 0.221. The molecule has 3 nitrogen and oxygen atoms in total. The van der Waals surface area contributed by atoms with Crippen LogP contribution in [-0.4, -0.2) is 20.3 Å². The van der Waals surface area contributed by atoms with E-state index >= 15 is 0 Å². The highest BCUT2D eigenvalue weighted by molar-refractivity contribution is 7.91. The molecule has 110 valence electrons. The standard InChI is InChI=1S/C16H15FO3S/c1-11-6-7-15-12(8-11)9-13(20-15)10-21(18,19)16-5-3-2-4-14(16)17/h2-8,13H,9-10H2,1H3. The maximum atomic E-state index is 13.7. The summed E-state index contributed by atoms with van der Waals surface area (Å²) in [6, 6.07) is 11.2. The Morgan fingerprint density at radius 3 is 2.76 bits per heavy atom. The van der Waals surface area contributed by atoms with E-state index in [1.54, 1.807) is 0 Å². The lowest BCUT2D eigenvalue weighted by atomic mass is 10.1. The molecule has 0 bridgehead atoms. The lowest BCUT2D eigenvalue weighted by molar-refractivity contribution is 0.256. The van der Waals surface area contributed by atoms with Crippen molar-refractivity contribution in [3.05, 3.63) is 59.4 Å². The molecule has 1 atom stereocenters. The summed E-state index contributed by atoms with van der Waals surface area (Å²) in [6.45, 7) is 1.98. The number of aryl methyl sites for hydroxylation is 1. The van der Waals surface area contributed by atoms with Crippen LogP contribution < -0.4 is 4.74 Å². The molecule has 0 spiro atoms. The zero-order valence-corrected chi connectivity index (χ0v) is 12.4. The average Bonchev–Trinajstić information content (AvgIpc) is 2.79. The summed E-state index contributed by atoms with van der Waals surface area (Å²) < 4.78 is 43.9. The topological polar surface area (TPSA) is 43.4 Å². The fourth-order valence-corrected chi connectivity index (χ4v) is 4.08. The van der Waals surface area contributed by atoms with Gasteiger partial charge in [-0.1, -0.05) is 29.8 Å². The fraction of sp³-hybridized carbons (Fsp3) is 0.250. The summed E-state index contributed by atoms with van der Waals surface area (Å²) >= 11 is 0. The van der Waals surface area contributed by atoms with Crippen LogP contribution >= 0.6 is 0 Å². The van der Waals surface area contributed by atoms with Crippen LogP contribution in [0.2, 0.25) is 0 Å². The van der Waals surface area contributed by atoms with Crippen LogP contribution in [0.4, 0.5) is 4.39 Å². The molecule has 2 aromatic carbocycles. The maximum absolute atomic E-state index is 13.7. The zero-order chi connectivity index (χ0) is 15.0. The number of rotatable bonds is 3. The Morgan fingerprint density at radius 2 is 2.00 bits per heavy atom. The van der Waals surface area contributed by atoms with Gasteiger partial charge in [0.1, 0.15) is 22.6 Å². The Balaban J connectivity index is 1.81. The van der Waals surface area contributed by atoms with Crippen molar-refractivity contribution in [2.24, 2.45) is 0 Å². The van der Waals surface area contributed by atoms with Gasteiger partial charge in [-0.15, -0.1) is 0 Å². The lowest BCUT2D eigenvalue weighted by Gasteiger charge is -2.11. The smallest absolute Gasteiger partial charge is 0.184 e. The van der Waals surface area contributed by atoms with Gasteiger partial charge in [0.25, 0.3) is 0 Å². The molecule has 0 radical (unpaired) electrons. The zero-order valence-electron chi connectivity index (χ0n) is 11.5. The number of hydrogen-bond acceptors (Lipinski definition) is 3. The third kappa shape index (κ3) is 2.78. The van der Waals surface area contributed by atoms with Crippen LogP contribution in [0.5, 0.6) is 5.75 Å². The van der Waals surface area contributed by atoms with Crippen molar-refractivity contribution in [1.82, 2.24) is 0 Å². The van der Waals surface area contributed by atoms with E-state index in [2.05, 4.69) is 0 Å². The van der Waals surface area contributed by atoms with Crippen LogP contribution in [-0.2, 0) is 16.3 Å². The number of benzene rings is 2. The predicted molar refractivity (Wildman–Crippen MR) is 77.8 cm³/mol. The molecular weight excluding hydrogens is 291 g/mol. The SMILES string of the molecule is Cc1ccc2c(c1)CC(CS(=O)(=O)c1ccccc1F)O2. The summed E-state index contributed by atoms with van der Waals surface area (Å²) in [6.07, 6.45) is 0.0661. The van der Waals surface area contributed by atoms with E-state index in [1.165, 1.54) is 18.2 Å². The minimum atomic E-state index is -3.70. The second kappa shape index (κ2) is 5.15. The second-order valence-corrected chi connectivity index (χ2v) is 7.27. The fourth-order valence-electron chi connectivity index (χ4n) is 2.57. The third-order valence-electron chi connectivity index (χ3n) is 3.53. The van der Waals surface area contributed by atoms with Gasteiger partial charge in [-0.3, -0.25) is 0 Å². The first-order chi connectivity index (χ1) is 9.95. The summed E-state index contributed by atoms with van der Waals surface area (Å²) in [5.74, 6) is -0.222. The van der Waals surface area contributed by atoms with Gasteiger partial charge in [0.05, 0.1) is 5.75 Å². The van der Waals surface area contributed by atoms with Crippen molar-refractivity contribution >= 4 is 9.84 Å². The monoisotopic (exact) mass is 306 g/mol. The molecule has 0 amide bonds. The van der Waals surface area contributed by atoms with Crippen molar-refractivity contribution < 1.29 is 17.5 Å². The van der Waals surface area contributed by atoms with Gasteiger partial charge in [0.15, 0.2) is 9.84 Å². The van der Waals surface area contributed by atoms with Crippen molar-refractivity contribution in [1.29, 1.82) is 0 Å². The van der Waals surface area contributed by atoms with Gasteiger partial charge < -0.3 is 4.74 Å². The number of sulfone groups is 1. The van der Waals surface area contributed by atoms with Gasteiger partial charge >= 0.3 is 0 Å². The number of fused-ring (bicyclic) bond motifs is 1. The van der Waals surface area contributed by atoms with E-state index in [1.807, 2.05) is 25.1 Å². The highest BCUT2D eigenvalue weighted by atomic mass is 32.2. The van der Waals surface area contributed by atoms with Crippen LogP contribution in [0, 0.1) is 12.7 Å². The summed E-state index contributed by atoms with van der Waals surface area (Å²) in [5, 5.41) is 0. The van der Waals surface area contributed by atoms with Crippen molar-refractivity contribution in [3.8, 4) is 5.75 Å². The van der Waals surface area contributed by atoms with E-state index in [0.29, 0.717) is 12.2 Å².